The predicted octanol–water partition coefficient (Wildman–Crippen LogP) is 0.176. The van der Waals surface area contributed by atoms with E-state index in [0.717, 1.165) is 24.5 Å². The highest BCUT2D eigenvalue weighted by Gasteiger charge is 2.18. The number of hydrazine groups is 1. The van der Waals surface area contributed by atoms with E-state index in [4.69, 9.17) is 5.84 Å². The number of carbonyl (C=O) groups is 1. The third kappa shape index (κ3) is 1.69. The molecule has 0 radical (unpaired) electrons. The van der Waals surface area contributed by atoms with Crippen LogP contribution in [0.15, 0.2) is 18.2 Å². The molecule has 86 valence electrons. The molecule has 5 heteroatoms. The molecule has 1 aliphatic heterocycles. The molecule has 0 aromatic heterocycles. The van der Waals surface area contributed by atoms with Gasteiger partial charge >= 0.3 is 0 Å². The molecule has 0 saturated carbocycles. The minimum atomic E-state index is -0.260. The number of hydrogen-bond donors (Lipinski definition) is 2. The maximum atomic E-state index is 11.4. The molecule has 16 heavy (non-hydrogen) atoms. The molecule has 3 N–H and O–H groups in total. The number of hydrogen-bond acceptors (Lipinski definition) is 4. The van der Waals surface area contributed by atoms with Crippen molar-refractivity contribution in [3.05, 3.63) is 23.8 Å². The third-order valence-corrected chi connectivity index (χ3v) is 2.96. The maximum Gasteiger partial charge on any atom is 0.265 e. The number of fused-ring (bicyclic) bond motifs is 1. The Morgan fingerprint density at radius 2 is 1.88 bits per heavy atom. The zero-order chi connectivity index (χ0) is 11.7. The average molecular weight is 220 g/mol. The van der Waals surface area contributed by atoms with Crippen molar-refractivity contribution in [1.82, 2.24) is 5.43 Å². The Morgan fingerprint density at radius 3 is 2.50 bits per heavy atom. The number of nitrogens with one attached hydrogen (secondary N) is 1. The molecule has 2 rings (SSSR count). The van der Waals surface area contributed by atoms with Crippen LogP contribution in [0, 0.1) is 0 Å². The average Bonchev–Trinajstić information content (AvgIpc) is 2.32. The van der Waals surface area contributed by atoms with Gasteiger partial charge in [-0.1, -0.05) is 0 Å². The van der Waals surface area contributed by atoms with Crippen molar-refractivity contribution < 1.29 is 4.79 Å². The highest BCUT2D eigenvalue weighted by molar-refractivity contribution is 5.96. The smallest absolute Gasteiger partial charge is 0.265 e. The number of anilines is 2. The van der Waals surface area contributed by atoms with Gasteiger partial charge in [0.05, 0.1) is 11.4 Å². The lowest BCUT2D eigenvalue weighted by Gasteiger charge is -2.34. The summed E-state index contributed by atoms with van der Waals surface area (Å²) < 4.78 is 0. The summed E-state index contributed by atoms with van der Waals surface area (Å²) >= 11 is 0. The minimum Gasteiger partial charge on any atom is -0.371 e. The van der Waals surface area contributed by atoms with Gasteiger partial charge in [-0.3, -0.25) is 10.2 Å². The second-order valence-electron chi connectivity index (χ2n) is 4.02. The van der Waals surface area contributed by atoms with E-state index < -0.39 is 0 Å². The molecule has 1 heterocycles. The van der Waals surface area contributed by atoms with E-state index in [1.165, 1.54) is 0 Å². The Bertz CT molecular complexity index is 418. The van der Waals surface area contributed by atoms with Gasteiger partial charge < -0.3 is 9.80 Å². The highest BCUT2D eigenvalue weighted by atomic mass is 16.2. The Hall–Kier alpha value is -1.75. The van der Waals surface area contributed by atoms with Gasteiger partial charge in [0.15, 0.2) is 0 Å². The molecule has 0 fully saturated rings. The Morgan fingerprint density at radius 1 is 1.25 bits per heavy atom. The Balaban J connectivity index is 2.44. The van der Waals surface area contributed by atoms with Crippen LogP contribution in [0.4, 0.5) is 11.4 Å². The maximum absolute atomic E-state index is 11.4. The third-order valence-electron chi connectivity index (χ3n) is 2.96. The summed E-state index contributed by atoms with van der Waals surface area (Å²) in [6, 6.07) is 5.61. The van der Waals surface area contributed by atoms with Crippen LogP contribution in [0.1, 0.15) is 10.4 Å². The van der Waals surface area contributed by atoms with Crippen LogP contribution in [0.2, 0.25) is 0 Å². The van der Waals surface area contributed by atoms with Crippen LogP contribution < -0.4 is 21.1 Å². The summed E-state index contributed by atoms with van der Waals surface area (Å²) in [7, 11) is 4.07. The SMILES string of the molecule is CN1CCN(C)c2cc(C(=O)NN)ccc21. The molecule has 1 aromatic carbocycles. The van der Waals surface area contributed by atoms with Crippen LogP contribution in [0.5, 0.6) is 0 Å². The molecule has 1 amide bonds. The van der Waals surface area contributed by atoms with Crippen molar-refractivity contribution in [1.29, 1.82) is 0 Å². The number of nitrogen functional groups attached to an aromatic ring is 1. The standard InChI is InChI=1S/C11H16N4O/c1-14-5-6-15(2)10-7-8(11(16)13-12)3-4-9(10)14/h3-4,7H,5-6,12H2,1-2H3,(H,13,16). The van der Waals surface area contributed by atoms with Gasteiger partial charge in [0, 0.05) is 32.7 Å². The first-order valence-electron chi connectivity index (χ1n) is 5.20. The lowest BCUT2D eigenvalue weighted by molar-refractivity contribution is 0.0953. The molecule has 5 nitrogen and oxygen atoms in total. The zero-order valence-electron chi connectivity index (χ0n) is 9.53. The fourth-order valence-electron chi connectivity index (χ4n) is 1.92. The van der Waals surface area contributed by atoms with Gasteiger partial charge in [-0.15, -0.1) is 0 Å². The molecule has 0 aliphatic carbocycles. The number of carbonyl (C=O) groups excluding carboxylic acids is 1. The van der Waals surface area contributed by atoms with Crippen LogP contribution in [0.3, 0.4) is 0 Å². The molecule has 0 bridgehead atoms. The van der Waals surface area contributed by atoms with Gasteiger partial charge in [0.2, 0.25) is 0 Å². The van der Waals surface area contributed by atoms with Crippen molar-refractivity contribution in [3.63, 3.8) is 0 Å². The predicted molar refractivity (Wildman–Crippen MR) is 64.6 cm³/mol. The van der Waals surface area contributed by atoms with Crippen molar-refractivity contribution in [2.24, 2.45) is 5.84 Å². The van der Waals surface area contributed by atoms with Gasteiger partial charge in [0.1, 0.15) is 0 Å². The molecule has 0 atom stereocenters. The van der Waals surface area contributed by atoms with E-state index >= 15 is 0 Å². The number of nitrogens with zero attached hydrogens (tertiary/aromatic N) is 2. The van der Waals surface area contributed by atoms with Crippen molar-refractivity contribution >= 4 is 17.3 Å². The number of likely N-dealkylation sites (N-methyl/N-ethyl adjacent to an activating group) is 2. The lowest BCUT2D eigenvalue weighted by Crippen LogP contribution is -2.37. The highest BCUT2D eigenvalue weighted by Crippen LogP contribution is 2.31. The summed E-state index contributed by atoms with van der Waals surface area (Å²) in [6.07, 6.45) is 0. The topological polar surface area (TPSA) is 61.6 Å². The summed E-state index contributed by atoms with van der Waals surface area (Å²) in [6.45, 7) is 1.95. The Kier molecular flexibility index (Phi) is 2.70. The van der Waals surface area contributed by atoms with E-state index in [9.17, 15) is 4.79 Å². The summed E-state index contributed by atoms with van der Waals surface area (Å²) in [5.74, 6) is 4.86. The largest absolute Gasteiger partial charge is 0.371 e. The van der Waals surface area contributed by atoms with Gasteiger partial charge in [-0.25, -0.2) is 5.84 Å². The first-order valence-corrected chi connectivity index (χ1v) is 5.20. The summed E-state index contributed by atoms with van der Waals surface area (Å²) in [4.78, 5) is 15.7. The quantitative estimate of drug-likeness (QED) is 0.402. The monoisotopic (exact) mass is 220 g/mol. The van der Waals surface area contributed by atoms with Crippen molar-refractivity contribution in [2.75, 3.05) is 37.0 Å². The molecule has 1 aliphatic rings. The number of nitrogens with two attached hydrogens (primary N) is 1. The summed E-state index contributed by atoms with van der Waals surface area (Å²) in [5.41, 5.74) is 4.94. The van der Waals surface area contributed by atoms with E-state index in [2.05, 4.69) is 22.3 Å². The lowest BCUT2D eigenvalue weighted by atomic mass is 10.1. The van der Waals surface area contributed by atoms with Crippen LogP contribution >= 0.6 is 0 Å². The van der Waals surface area contributed by atoms with E-state index in [0.29, 0.717) is 5.56 Å². The van der Waals surface area contributed by atoms with Gasteiger partial charge in [0.25, 0.3) is 5.91 Å². The van der Waals surface area contributed by atoms with Crippen LogP contribution in [-0.2, 0) is 0 Å². The van der Waals surface area contributed by atoms with Crippen LogP contribution in [0.25, 0.3) is 0 Å². The first-order chi connectivity index (χ1) is 7.63. The molecular formula is C11H16N4O. The molecule has 1 aromatic rings. The van der Waals surface area contributed by atoms with Crippen molar-refractivity contribution in [2.45, 2.75) is 0 Å². The number of benzene rings is 1. The fraction of sp³-hybridized carbons (Fsp3) is 0.364. The molecule has 0 saturated heterocycles. The van der Waals surface area contributed by atoms with Crippen LogP contribution in [-0.4, -0.2) is 33.1 Å². The second kappa shape index (κ2) is 4.02. The zero-order valence-corrected chi connectivity index (χ0v) is 9.53. The number of rotatable bonds is 1. The van der Waals surface area contributed by atoms with E-state index in [1.54, 1.807) is 6.07 Å². The minimum absolute atomic E-state index is 0.260. The summed E-state index contributed by atoms with van der Waals surface area (Å²) in [5, 5.41) is 0. The van der Waals surface area contributed by atoms with E-state index in [-0.39, 0.29) is 5.91 Å². The normalized spacial score (nSPS) is 14.7. The molecule has 0 spiro atoms. The first kappa shape index (κ1) is 10.8. The number of amides is 1. The van der Waals surface area contributed by atoms with Crippen molar-refractivity contribution in [3.8, 4) is 0 Å². The van der Waals surface area contributed by atoms with Gasteiger partial charge in [-0.2, -0.15) is 0 Å². The fourth-order valence-corrected chi connectivity index (χ4v) is 1.92. The Labute approximate surface area is 94.8 Å². The van der Waals surface area contributed by atoms with Gasteiger partial charge in [-0.05, 0) is 18.2 Å². The second-order valence-corrected chi connectivity index (χ2v) is 4.02. The molecular weight excluding hydrogens is 204 g/mol. The van der Waals surface area contributed by atoms with E-state index in [1.807, 2.05) is 19.2 Å². The molecule has 0 unspecified atom stereocenters.